The molecule has 0 saturated heterocycles. The van der Waals surface area contributed by atoms with Gasteiger partial charge in [0.1, 0.15) is 29.3 Å². The molecule has 1 aliphatic rings. The van der Waals surface area contributed by atoms with Crippen LogP contribution in [0.25, 0.3) is 10.2 Å². The van der Waals surface area contributed by atoms with Crippen molar-refractivity contribution in [3.8, 4) is 5.75 Å². The number of nitrogens with two attached hydrogens (primary N) is 2. The first kappa shape index (κ1) is 24.4. The molecule has 2 aromatic heterocycles. The molecule has 33 heavy (non-hydrogen) atoms. The number of amides is 1. The van der Waals surface area contributed by atoms with E-state index < -0.39 is 0 Å². The molecule has 176 valence electrons. The van der Waals surface area contributed by atoms with Gasteiger partial charge in [-0.2, -0.15) is 0 Å². The second-order valence-corrected chi connectivity index (χ2v) is 9.29. The molecule has 0 radical (unpaired) electrons. The summed E-state index contributed by atoms with van der Waals surface area (Å²) in [5.74, 6) is 2.06. The molecule has 0 bridgehead atoms. The molecule has 10 heteroatoms. The monoisotopic (exact) mass is 469 g/mol. The van der Waals surface area contributed by atoms with E-state index in [-0.39, 0.29) is 0 Å². The lowest BCUT2D eigenvalue weighted by atomic mass is 9.89. The van der Waals surface area contributed by atoms with Gasteiger partial charge in [-0.3, -0.25) is 4.79 Å². The summed E-state index contributed by atoms with van der Waals surface area (Å²) in [6, 6.07) is 3.53. The van der Waals surface area contributed by atoms with E-state index in [1.54, 1.807) is 37.8 Å². The summed E-state index contributed by atoms with van der Waals surface area (Å²) in [6.45, 7) is 3.08. The van der Waals surface area contributed by atoms with Gasteiger partial charge in [-0.05, 0) is 36.8 Å². The predicted molar refractivity (Wildman–Crippen MR) is 135 cm³/mol. The van der Waals surface area contributed by atoms with Crippen molar-refractivity contribution in [2.24, 2.45) is 11.7 Å². The Bertz CT molecular complexity index is 1130. The van der Waals surface area contributed by atoms with Crippen LogP contribution in [0.3, 0.4) is 0 Å². The van der Waals surface area contributed by atoms with Gasteiger partial charge in [-0.1, -0.05) is 6.92 Å². The fraction of sp³-hybridized carbons (Fsp3) is 0.391. The molecule has 2 heterocycles. The minimum atomic E-state index is 0.378. The average Bonchev–Trinajstić information content (AvgIpc) is 3.17. The van der Waals surface area contributed by atoms with E-state index in [1.807, 2.05) is 6.07 Å². The fourth-order valence-electron chi connectivity index (χ4n) is 3.62. The molecule has 1 unspecified atom stereocenters. The maximum absolute atomic E-state index is 9.43. The molecular weight excluding hydrogens is 438 g/mol. The van der Waals surface area contributed by atoms with Crippen molar-refractivity contribution in [3.63, 3.8) is 0 Å². The number of carbonyl (C=O) groups is 1. The number of thiophene rings is 1. The number of nitrogens with one attached hydrogen (secondary N) is 2. The number of rotatable bonds is 7. The number of fused-ring (bicyclic) bond motifs is 3. The van der Waals surface area contributed by atoms with Crippen LogP contribution in [0.5, 0.6) is 5.75 Å². The molecule has 1 atom stereocenters. The third kappa shape index (κ3) is 5.77. The Labute approximate surface area is 197 Å². The number of ether oxygens (including phenoxy) is 1. The van der Waals surface area contributed by atoms with Crippen LogP contribution in [0.4, 0.5) is 17.2 Å². The largest absolute Gasteiger partial charge is 0.490 e. The zero-order chi connectivity index (χ0) is 24.0. The molecule has 4 rings (SSSR count). The predicted octanol–water partition coefficient (Wildman–Crippen LogP) is 3.18. The number of nitrogen functional groups attached to an aromatic ring is 1. The number of aryl methyl sites for hydroxylation is 1. The maximum atomic E-state index is 9.43. The van der Waals surface area contributed by atoms with Gasteiger partial charge < -0.3 is 31.8 Å². The Morgan fingerprint density at radius 1 is 1.36 bits per heavy atom. The van der Waals surface area contributed by atoms with Crippen LogP contribution in [-0.4, -0.2) is 54.7 Å². The van der Waals surface area contributed by atoms with Crippen LogP contribution in [0.2, 0.25) is 0 Å². The highest BCUT2D eigenvalue weighted by Gasteiger charge is 2.23. The lowest BCUT2D eigenvalue weighted by Gasteiger charge is -2.19. The van der Waals surface area contributed by atoms with Gasteiger partial charge >= 0.3 is 0 Å². The topological polar surface area (TPSA) is 143 Å². The van der Waals surface area contributed by atoms with Crippen molar-refractivity contribution in [2.45, 2.75) is 26.2 Å². The van der Waals surface area contributed by atoms with E-state index in [0.717, 1.165) is 35.3 Å². The quantitative estimate of drug-likeness (QED) is 0.236. The lowest BCUT2D eigenvalue weighted by Crippen LogP contribution is -2.12. The van der Waals surface area contributed by atoms with E-state index in [2.05, 4.69) is 22.2 Å². The van der Waals surface area contributed by atoms with Crippen molar-refractivity contribution in [1.29, 1.82) is 5.41 Å². The van der Waals surface area contributed by atoms with Crippen LogP contribution in [0.15, 0.2) is 18.5 Å². The van der Waals surface area contributed by atoms with Crippen molar-refractivity contribution < 1.29 is 9.53 Å². The van der Waals surface area contributed by atoms with E-state index in [1.165, 1.54) is 28.0 Å². The van der Waals surface area contributed by atoms with Crippen LogP contribution < -0.4 is 21.5 Å². The molecule has 1 amide bonds. The van der Waals surface area contributed by atoms with Gasteiger partial charge in [0, 0.05) is 49.0 Å². The zero-order valence-electron chi connectivity index (χ0n) is 19.2. The van der Waals surface area contributed by atoms with Crippen molar-refractivity contribution in [1.82, 2.24) is 14.9 Å². The minimum absolute atomic E-state index is 0.378. The Morgan fingerprint density at radius 3 is 2.79 bits per heavy atom. The number of carbonyl (C=O) groups excluding carboxylic acids is 1. The number of nitrogens with zero attached hydrogens (tertiary/aromatic N) is 3. The first-order valence-electron chi connectivity index (χ1n) is 10.8. The van der Waals surface area contributed by atoms with Crippen molar-refractivity contribution in [2.75, 3.05) is 38.3 Å². The van der Waals surface area contributed by atoms with E-state index in [9.17, 15) is 4.79 Å². The Balaban J connectivity index is 0.000000555. The van der Waals surface area contributed by atoms with E-state index in [0.29, 0.717) is 41.8 Å². The van der Waals surface area contributed by atoms with Gasteiger partial charge in [0.05, 0.1) is 11.1 Å². The normalized spacial score (nSPS) is 14.6. The minimum Gasteiger partial charge on any atom is -0.490 e. The van der Waals surface area contributed by atoms with Gasteiger partial charge in [0.15, 0.2) is 0 Å². The Kier molecular flexibility index (Phi) is 8.18. The number of hydrogen-bond acceptors (Lipinski definition) is 9. The van der Waals surface area contributed by atoms with Crippen molar-refractivity contribution in [3.05, 3.63) is 34.5 Å². The SMILES string of the molecule is CC1CCc2c(sc3ncnc(Nc4cc(C=N)c(N)cc4OCCN)c23)C1.CN(C)C=O. The standard InChI is InChI=1S/C20H24N6OS.C3H7NO/c1-11-2-3-13-17(6-11)28-20-18(13)19(24-10-25-20)26-15-7-12(9-22)14(23)8-16(15)27-5-4-21;1-4(2)3-5/h7-11,22H,2-6,21,23H2,1H3,(H,24,25,26);3H,1-2H3. The van der Waals surface area contributed by atoms with Gasteiger partial charge in [0.2, 0.25) is 6.41 Å². The summed E-state index contributed by atoms with van der Waals surface area (Å²) >= 11 is 1.76. The molecule has 0 saturated carbocycles. The highest BCUT2D eigenvalue weighted by atomic mass is 32.1. The fourth-order valence-corrected chi connectivity index (χ4v) is 4.97. The molecule has 1 aliphatic carbocycles. The van der Waals surface area contributed by atoms with Gasteiger partial charge in [-0.15, -0.1) is 11.3 Å². The Morgan fingerprint density at radius 2 is 2.12 bits per heavy atom. The molecule has 9 nitrogen and oxygen atoms in total. The van der Waals surface area contributed by atoms with Crippen molar-refractivity contribution >= 4 is 51.4 Å². The first-order valence-corrected chi connectivity index (χ1v) is 11.6. The second kappa shape index (κ2) is 11.1. The molecule has 6 N–H and O–H groups in total. The van der Waals surface area contributed by atoms with Crippen LogP contribution in [-0.2, 0) is 17.6 Å². The molecule has 0 spiro atoms. The highest BCUT2D eigenvalue weighted by molar-refractivity contribution is 7.19. The lowest BCUT2D eigenvalue weighted by molar-refractivity contribution is -0.115. The van der Waals surface area contributed by atoms with E-state index >= 15 is 0 Å². The summed E-state index contributed by atoms with van der Waals surface area (Å²) in [5.41, 5.74) is 14.8. The van der Waals surface area contributed by atoms with E-state index in [4.69, 9.17) is 21.6 Å². The summed E-state index contributed by atoms with van der Waals surface area (Å²) in [4.78, 5) is 22.3. The van der Waals surface area contributed by atoms with Crippen LogP contribution in [0, 0.1) is 11.3 Å². The molecule has 3 aromatic rings. The summed E-state index contributed by atoms with van der Waals surface area (Å²) in [6.07, 6.45) is 6.89. The summed E-state index contributed by atoms with van der Waals surface area (Å²) in [5, 5.41) is 12.1. The van der Waals surface area contributed by atoms with Crippen LogP contribution >= 0.6 is 11.3 Å². The number of hydrogen-bond donors (Lipinski definition) is 4. The third-order valence-corrected chi connectivity index (χ3v) is 6.43. The Hall–Kier alpha value is -3.24. The van der Waals surface area contributed by atoms with Gasteiger partial charge in [-0.25, -0.2) is 9.97 Å². The molecular formula is C23H31N7O2S. The molecule has 0 aliphatic heterocycles. The molecule has 1 aromatic carbocycles. The van der Waals surface area contributed by atoms with Gasteiger partial charge in [0.25, 0.3) is 0 Å². The number of aromatic nitrogens is 2. The zero-order valence-corrected chi connectivity index (χ0v) is 20.0. The second-order valence-electron chi connectivity index (χ2n) is 8.21. The third-order valence-electron chi connectivity index (χ3n) is 5.27. The summed E-state index contributed by atoms with van der Waals surface area (Å²) in [7, 11) is 3.38. The number of benzene rings is 1. The first-order chi connectivity index (χ1) is 15.9. The average molecular weight is 470 g/mol. The van der Waals surface area contributed by atoms with Crippen LogP contribution in [0.1, 0.15) is 29.3 Å². The molecule has 0 fully saturated rings. The maximum Gasteiger partial charge on any atom is 0.209 e. The highest BCUT2D eigenvalue weighted by Crippen LogP contribution is 2.41. The summed E-state index contributed by atoms with van der Waals surface area (Å²) < 4.78 is 5.78. The number of anilines is 3. The smallest absolute Gasteiger partial charge is 0.209 e.